The van der Waals surface area contributed by atoms with E-state index in [0.29, 0.717) is 0 Å². The highest BCUT2D eigenvalue weighted by molar-refractivity contribution is 5.78. The van der Waals surface area contributed by atoms with Crippen molar-refractivity contribution in [3.8, 4) is 0 Å². The monoisotopic (exact) mass is 393 g/mol. The molecule has 1 heterocycles. The minimum Gasteiger partial charge on any atom is -0.465 e. The van der Waals surface area contributed by atoms with Gasteiger partial charge in [-0.05, 0) is 0 Å². The largest absolute Gasteiger partial charge is 0.465 e. The summed E-state index contributed by atoms with van der Waals surface area (Å²) in [5.74, 6) is -2.71. The van der Waals surface area contributed by atoms with Crippen molar-refractivity contribution in [1.29, 1.82) is 0 Å². The minimum atomic E-state index is -1.71. The van der Waals surface area contributed by atoms with Gasteiger partial charge in [0.2, 0.25) is 5.91 Å². The van der Waals surface area contributed by atoms with E-state index in [9.17, 15) is 9.59 Å². The number of hydrogen-bond acceptors (Lipinski definition) is 9. The molecule has 1 unspecified atom stereocenters. The number of amides is 1. The number of ether oxygens (including phenoxy) is 7. The third kappa shape index (κ3) is 5.37. The normalized spacial score (nSPS) is 30.4. The number of hydrogen-bond donors (Lipinski definition) is 1. The fourth-order valence-corrected chi connectivity index (χ4v) is 3.32. The predicted octanol–water partition coefficient (Wildman–Crippen LogP) is -0.513. The molecule has 1 fully saturated rings. The second-order valence-corrected chi connectivity index (χ2v) is 6.17. The van der Waals surface area contributed by atoms with Crippen molar-refractivity contribution in [3.63, 3.8) is 0 Å². The lowest BCUT2D eigenvalue weighted by Crippen LogP contribution is -2.68. The summed E-state index contributed by atoms with van der Waals surface area (Å²) in [6, 6.07) is -0.625. The van der Waals surface area contributed by atoms with Gasteiger partial charge in [0.1, 0.15) is 18.3 Å². The van der Waals surface area contributed by atoms with Crippen molar-refractivity contribution in [3.05, 3.63) is 0 Å². The number of nitrogens with one attached hydrogen (secondary N) is 1. The minimum absolute atomic E-state index is 0.0203. The van der Waals surface area contributed by atoms with E-state index in [1.807, 2.05) is 0 Å². The van der Waals surface area contributed by atoms with Crippen LogP contribution in [0.3, 0.4) is 0 Å². The van der Waals surface area contributed by atoms with Gasteiger partial charge in [-0.3, -0.25) is 4.79 Å². The summed E-state index contributed by atoms with van der Waals surface area (Å²) in [5.41, 5.74) is 0. The Labute approximate surface area is 159 Å². The average molecular weight is 393 g/mol. The van der Waals surface area contributed by atoms with Gasteiger partial charge in [0, 0.05) is 48.9 Å². The molecule has 0 saturated carbocycles. The summed E-state index contributed by atoms with van der Waals surface area (Å²) in [4.78, 5) is 24.2. The van der Waals surface area contributed by atoms with E-state index in [4.69, 9.17) is 33.2 Å². The van der Waals surface area contributed by atoms with Crippen molar-refractivity contribution >= 4 is 11.9 Å². The van der Waals surface area contributed by atoms with Crippen molar-refractivity contribution in [1.82, 2.24) is 5.32 Å². The molecule has 0 aliphatic carbocycles. The van der Waals surface area contributed by atoms with Gasteiger partial charge in [0.25, 0.3) is 5.79 Å². The van der Waals surface area contributed by atoms with E-state index in [0.717, 1.165) is 0 Å². The van der Waals surface area contributed by atoms with Crippen LogP contribution >= 0.6 is 0 Å². The molecular formula is C17H31NO9. The lowest BCUT2D eigenvalue weighted by atomic mass is 9.88. The second-order valence-electron chi connectivity index (χ2n) is 6.17. The quantitative estimate of drug-likeness (QED) is 0.490. The summed E-state index contributed by atoms with van der Waals surface area (Å²) in [7, 11) is 8.55. The highest BCUT2D eigenvalue weighted by Crippen LogP contribution is 2.35. The van der Waals surface area contributed by atoms with Crippen LogP contribution in [-0.4, -0.2) is 97.4 Å². The maximum absolute atomic E-state index is 12.4. The fraction of sp³-hybridized carbons (Fsp3) is 0.882. The zero-order valence-electron chi connectivity index (χ0n) is 17.0. The number of methoxy groups -OCH3 is 6. The van der Waals surface area contributed by atoms with Crippen LogP contribution in [0.1, 0.15) is 13.3 Å². The van der Waals surface area contributed by atoms with Gasteiger partial charge < -0.3 is 38.5 Å². The molecule has 1 aliphatic rings. The van der Waals surface area contributed by atoms with Crippen LogP contribution < -0.4 is 5.32 Å². The van der Waals surface area contributed by atoms with Crippen LogP contribution in [0.5, 0.6) is 0 Å². The van der Waals surface area contributed by atoms with Crippen molar-refractivity contribution in [2.45, 2.75) is 49.6 Å². The van der Waals surface area contributed by atoms with Crippen molar-refractivity contribution < 1.29 is 42.7 Å². The van der Waals surface area contributed by atoms with Gasteiger partial charge in [-0.15, -0.1) is 0 Å². The van der Waals surface area contributed by atoms with Gasteiger partial charge in [-0.25, -0.2) is 4.79 Å². The molecular weight excluding hydrogens is 362 g/mol. The molecule has 0 aromatic carbocycles. The van der Waals surface area contributed by atoms with Gasteiger partial charge >= 0.3 is 5.97 Å². The van der Waals surface area contributed by atoms with Crippen molar-refractivity contribution in [2.75, 3.05) is 49.3 Å². The molecule has 1 aliphatic heterocycles. The zero-order chi connectivity index (χ0) is 20.6. The molecule has 0 bridgehead atoms. The smallest absolute Gasteiger partial charge is 0.366 e. The Morgan fingerprint density at radius 3 is 2.22 bits per heavy atom. The van der Waals surface area contributed by atoms with E-state index in [1.54, 1.807) is 0 Å². The first-order valence-corrected chi connectivity index (χ1v) is 8.49. The Morgan fingerprint density at radius 1 is 1.15 bits per heavy atom. The molecule has 6 atom stereocenters. The number of carbonyl (C=O) groups is 2. The SMILES string of the molecule is COC[C@@H](OC)[C@@H](OC)C1O[C@@](OC)(C(=O)OC)C[C@@H](OC)[C@H]1NC(C)=O. The van der Waals surface area contributed by atoms with Crippen LogP contribution in [0.4, 0.5) is 0 Å². The zero-order valence-corrected chi connectivity index (χ0v) is 17.0. The number of rotatable bonds is 10. The highest BCUT2D eigenvalue weighted by atomic mass is 16.7. The van der Waals surface area contributed by atoms with Crippen LogP contribution in [-0.2, 0) is 42.7 Å². The highest BCUT2D eigenvalue weighted by Gasteiger charge is 2.56. The van der Waals surface area contributed by atoms with E-state index in [2.05, 4.69) is 5.32 Å². The van der Waals surface area contributed by atoms with Crippen LogP contribution in [0.25, 0.3) is 0 Å². The Hall–Kier alpha value is -1.30. The summed E-state index contributed by atoms with van der Waals surface area (Å²) < 4.78 is 38.1. The van der Waals surface area contributed by atoms with Crippen molar-refractivity contribution in [2.24, 2.45) is 0 Å². The lowest BCUT2D eigenvalue weighted by molar-refractivity contribution is -0.309. The maximum atomic E-state index is 12.4. The first kappa shape index (κ1) is 23.7. The molecule has 1 N–H and O–H groups in total. The molecule has 0 aromatic rings. The van der Waals surface area contributed by atoms with Crippen LogP contribution in [0, 0.1) is 0 Å². The fourth-order valence-electron chi connectivity index (χ4n) is 3.32. The third-order valence-corrected chi connectivity index (χ3v) is 4.65. The van der Waals surface area contributed by atoms with E-state index < -0.39 is 42.2 Å². The number of esters is 1. The molecule has 10 nitrogen and oxygen atoms in total. The topological polar surface area (TPSA) is 111 Å². The third-order valence-electron chi connectivity index (χ3n) is 4.65. The molecule has 0 radical (unpaired) electrons. The number of carbonyl (C=O) groups excluding carboxylic acids is 2. The van der Waals surface area contributed by atoms with Gasteiger partial charge in [0.05, 0.1) is 25.9 Å². The molecule has 0 aromatic heterocycles. The molecule has 1 rings (SSSR count). The van der Waals surface area contributed by atoms with Crippen LogP contribution in [0.2, 0.25) is 0 Å². The van der Waals surface area contributed by atoms with E-state index in [1.165, 1.54) is 49.6 Å². The molecule has 0 spiro atoms. The second kappa shape index (κ2) is 10.9. The molecule has 158 valence electrons. The van der Waals surface area contributed by atoms with E-state index >= 15 is 0 Å². The maximum Gasteiger partial charge on any atom is 0.366 e. The standard InChI is InChI=1S/C17H31NO9/c1-10(19)18-13-11(22-3)8-17(26-7,16(20)25-6)27-15(13)14(24-5)12(23-4)9-21-2/h11-15H,8-9H2,1-7H3,(H,18,19)/t11-,12-,13-,14-,15?,17-/m1/s1. The Kier molecular flexibility index (Phi) is 9.57. The molecule has 1 saturated heterocycles. The van der Waals surface area contributed by atoms with E-state index in [-0.39, 0.29) is 18.9 Å². The molecule has 10 heteroatoms. The summed E-state index contributed by atoms with van der Waals surface area (Å²) in [5, 5.41) is 2.81. The average Bonchev–Trinajstić information content (AvgIpc) is 2.67. The first-order valence-electron chi connectivity index (χ1n) is 8.49. The first-order chi connectivity index (χ1) is 12.8. The van der Waals surface area contributed by atoms with Gasteiger partial charge in [-0.2, -0.15) is 0 Å². The predicted molar refractivity (Wildman–Crippen MR) is 93.1 cm³/mol. The summed E-state index contributed by atoms with van der Waals surface area (Å²) >= 11 is 0. The Balaban J connectivity index is 3.37. The summed E-state index contributed by atoms with van der Waals surface area (Å²) in [6.45, 7) is 1.59. The summed E-state index contributed by atoms with van der Waals surface area (Å²) in [6.07, 6.45) is -2.68. The van der Waals surface area contributed by atoms with Gasteiger partial charge in [-0.1, -0.05) is 0 Å². The van der Waals surface area contributed by atoms with Crippen LogP contribution in [0.15, 0.2) is 0 Å². The lowest BCUT2D eigenvalue weighted by Gasteiger charge is -2.48. The molecule has 1 amide bonds. The Morgan fingerprint density at radius 2 is 1.81 bits per heavy atom. The Bertz CT molecular complexity index is 489. The molecule has 27 heavy (non-hydrogen) atoms. The van der Waals surface area contributed by atoms with Gasteiger partial charge in [0.15, 0.2) is 0 Å².